The molecule has 32 heavy (non-hydrogen) atoms. The van der Waals surface area contributed by atoms with Crippen LogP contribution in [0.15, 0.2) is 28.8 Å². The van der Waals surface area contributed by atoms with Gasteiger partial charge >= 0.3 is 5.97 Å². The third-order valence-electron chi connectivity index (χ3n) is 6.83. The Balaban J connectivity index is 1.44. The zero-order valence-electron chi connectivity index (χ0n) is 17.9. The Morgan fingerprint density at radius 1 is 1.25 bits per heavy atom. The van der Waals surface area contributed by atoms with Crippen molar-refractivity contribution in [1.82, 2.24) is 15.4 Å². The first kappa shape index (κ1) is 22.4. The summed E-state index contributed by atoms with van der Waals surface area (Å²) in [4.78, 5) is 26.9. The van der Waals surface area contributed by atoms with Gasteiger partial charge in [-0.15, -0.1) is 0 Å². The number of nitrogens with one attached hydrogen (secondary N) is 1. The van der Waals surface area contributed by atoms with Crippen molar-refractivity contribution in [3.63, 3.8) is 0 Å². The van der Waals surface area contributed by atoms with Crippen molar-refractivity contribution in [2.24, 2.45) is 11.8 Å². The molecule has 1 aromatic heterocycles. The van der Waals surface area contributed by atoms with Crippen LogP contribution in [-0.4, -0.2) is 52.2 Å². The molecule has 7 nitrogen and oxygen atoms in total. The highest BCUT2D eigenvalue weighted by molar-refractivity contribution is 5.93. The van der Waals surface area contributed by atoms with E-state index >= 15 is 0 Å². The molecule has 9 heteroatoms. The molecule has 2 fully saturated rings. The molecule has 2 aliphatic rings. The molecule has 1 saturated carbocycles. The van der Waals surface area contributed by atoms with Crippen molar-refractivity contribution in [2.75, 3.05) is 13.1 Å². The molecule has 0 radical (unpaired) electrons. The van der Waals surface area contributed by atoms with Crippen molar-refractivity contribution >= 4 is 11.9 Å². The molecule has 4 atom stereocenters. The Morgan fingerprint density at radius 3 is 2.78 bits per heavy atom. The normalized spacial score (nSPS) is 26.2. The number of halogens is 2. The van der Waals surface area contributed by atoms with Crippen molar-refractivity contribution < 1.29 is 28.0 Å². The van der Waals surface area contributed by atoms with Crippen molar-refractivity contribution in [3.8, 4) is 11.3 Å². The van der Waals surface area contributed by atoms with Crippen LogP contribution in [0.5, 0.6) is 0 Å². The van der Waals surface area contributed by atoms with E-state index in [4.69, 9.17) is 4.52 Å². The molecule has 2 aromatic rings. The first-order valence-corrected chi connectivity index (χ1v) is 11.1. The number of carbonyl (C=O) groups excluding carboxylic acids is 1. The second kappa shape index (κ2) is 9.36. The Morgan fingerprint density at radius 2 is 2.06 bits per heavy atom. The van der Waals surface area contributed by atoms with Gasteiger partial charge in [-0.1, -0.05) is 24.9 Å². The van der Waals surface area contributed by atoms with Crippen LogP contribution < -0.4 is 5.32 Å². The summed E-state index contributed by atoms with van der Waals surface area (Å²) in [6.07, 6.45) is 5.04. The van der Waals surface area contributed by atoms with E-state index in [1.54, 1.807) is 0 Å². The number of piperidine rings is 1. The van der Waals surface area contributed by atoms with Crippen LogP contribution in [-0.2, 0) is 4.79 Å². The molecule has 2 heterocycles. The summed E-state index contributed by atoms with van der Waals surface area (Å²) in [6.45, 7) is 3.29. The minimum atomic E-state index is -0.944. The van der Waals surface area contributed by atoms with E-state index in [0.717, 1.165) is 31.5 Å². The quantitative estimate of drug-likeness (QED) is 0.701. The molecule has 0 bridgehead atoms. The predicted molar refractivity (Wildman–Crippen MR) is 112 cm³/mol. The maximum absolute atomic E-state index is 14.0. The van der Waals surface area contributed by atoms with Crippen LogP contribution in [0.3, 0.4) is 0 Å². The Labute approximate surface area is 184 Å². The number of aliphatic carboxylic acids is 1. The van der Waals surface area contributed by atoms with Crippen molar-refractivity contribution in [3.05, 3.63) is 41.6 Å². The Hall–Kier alpha value is -2.81. The topological polar surface area (TPSA) is 95.7 Å². The van der Waals surface area contributed by atoms with Gasteiger partial charge in [0.1, 0.15) is 11.6 Å². The average molecular weight is 447 g/mol. The van der Waals surface area contributed by atoms with E-state index in [9.17, 15) is 23.5 Å². The number of rotatable bonds is 6. The highest BCUT2D eigenvalue weighted by Crippen LogP contribution is 2.34. The van der Waals surface area contributed by atoms with Gasteiger partial charge in [0.25, 0.3) is 5.91 Å². The van der Waals surface area contributed by atoms with Gasteiger partial charge in [0.2, 0.25) is 0 Å². The first-order chi connectivity index (χ1) is 15.4. The van der Waals surface area contributed by atoms with E-state index in [2.05, 4.69) is 22.3 Å². The van der Waals surface area contributed by atoms with Gasteiger partial charge in [0.05, 0.1) is 11.5 Å². The van der Waals surface area contributed by atoms with E-state index in [1.165, 1.54) is 25.0 Å². The number of carbonyl (C=O) groups is 2. The minimum absolute atomic E-state index is 0.0101. The average Bonchev–Trinajstić information content (AvgIpc) is 3.43. The number of hydrogen-bond acceptors (Lipinski definition) is 5. The van der Waals surface area contributed by atoms with Crippen molar-refractivity contribution in [1.29, 1.82) is 0 Å². The van der Waals surface area contributed by atoms with Gasteiger partial charge in [-0.2, -0.15) is 0 Å². The highest BCUT2D eigenvalue weighted by Gasteiger charge is 2.40. The molecule has 1 saturated heterocycles. The van der Waals surface area contributed by atoms with Crippen LogP contribution in [0.4, 0.5) is 8.78 Å². The van der Waals surface area contributed by atoms with Gasteiger partial charge < -0.3 is 14.9 Å². The summed E-state index contributed by atoms with van der Waals surface area (Å²) < 4.78 is 32.2. The van der Waals surface area contributed by atoms with E-state index in [1.807, 2.05) is 0 Å². The van der Waals surface area contributed by atoms with Crippen LogP contribution in [0.25, 0.3) is 11.3 Å². The molecule has 0 spiro atoms. The van der Waals surface area contributed by atoms with Crippen LogP contribution in [0.2, 0.25) is 0 Å². The standard InChI is InChI=1S/C23H27F2N3O4/c1-2-13-4-3-5-20(13)28-9-8-18(16(12-28)23(30)31)26-22(29)19-11-21(32-27-19)15-7-6-14(24)10-17(15)25/h6-7,10-11,13,16,18,20H,2-5,8-9,12H2,1H3,(H,26,29)(H,30,31)/t13-,16-,18-,20+/m1/s1. The second-order valence-electron chi connectivity index (χ2n) is 8.68. The molecular formula is C23H27F2N3O4. The molecule has 4 rings (SSSR count). The molecule has 0 unspecified atom stereocenters. The molecule has 1 aromatic carbocycles. The smallest absolute Gasteiger partial charge is 0.309 e. The van der Waals surface area contributed by atoms with E-state index in [-0.39, 0.29) is 17.0 Å². The van der Waals surface area contributed by atoms with Gasteiger partial charge in [-0.05, 0) is 37.3 Å². The lowest BCUT2D eigenvalue weighted by molar-refractivity contribution is -0.145. The lowest BCUT2D eigenvalue weighted by atomic mass is 9.89. The maximum Gasteiger partial charge on any atom is 0.309 e. The van der Waals surface area contributed by atoms with Gasteiger partial charge in [0.15, 0.2) is 11.5 Å². The fraction of sp³-hybridized carbons (Fsp3) is 0.522. The summed E-state index contributed by atoms with van der Waals surface area (Å²) in [5.74, 6) is -3.23. The maximum atomic E-state index is 14.0. The molecule has 1 aliphatic heterocycles. The highest BCUT2D eigenvalue weighted by atomic mass is 19.1. The number of benzene rings is 1. The number of carboxylic acids is 1. The van der Waals surface area contributed by atoms with Crippen molar-refractivity contribution in [2.45, 2.75) is 51.1 Å². The number of carboxylic acid groups (broad SMARTS) is 1. The zero-order valence-corrected chi connectivity index (χ0v) is 17.9. The molecule has 1 amide bonds. The van der Waals surface area contributed by atoms with Crippen LogP contribution >= 0.6 is 0 Å². The first-order valence-electron chi connectivity index (χ1n) is 11.1. The second-order valence-corrected chi connectivity index (χ2v) is 8.68. The predicted octanol–water partition coefficient (Wildman–Crippen LogP) is 3.70. The van der Waals surface area contributed by atoms with Gasteiger partial charge in [0, 0.05) is 37.3 Å². The number of hydrogen-bond donors (Lipinski definition) is 2. The molecular weight excluding hydrogens is 420 g/mol. The lowest BCUT2D eigenvalue weighted by Crippen LogP contribution is -2.56. The number of amides is 1. The lowest BCUT2D eigenvalue weighted by Gasteiger charge is -2.41. The molecule has 1 aliphatic carbocycles. The van der Waals surface area contributed by atoms with Crippen LogP contribution in [0, 0.1) is 23.5 Å². The SMILES string of the molecule is CC[C@@H]1CCC[C@@H]1N1CC[C@@H](NC(=O)c2cc(-c3ccc(F)cc3F)on2)[C@H](C(=O)O)C1. The fourth-order valence-corrected chi connectivity index (χ4v) is 5.12. The number of likely N-dealkylation sites (tertiary alicyclic amines) is 1. The monoisotopic (exact) mass is 447 g/mol. The minimum Gasteiger partial charge on any atom is -0.481 e. The fourth-order valence-electron chi connectivity index (χ4n) is 5.12. The summed E-state index contributed by atoms with van der Waals surface area (Å²) in [5.41, 5.74) is -0.103. The molecule has 2 N–H and O–H groups in total. The van der Waals surface area contributed by atoms with Gasteiger partial charge in [-0.25, -0.2) is 8.78 Å². The van der Waals surface area contributed by atoms with E-state index < -0.39 is 35.5 Å². The zero-order chi connectivity index (χ0) is 22.8. The van der Waals surface area contributed by atoms with E-state index in [0.29, 0.717) is 24.9 Å². The Bertz CT molecular complexity index is 995. The third-order valence-corrected chi connectivity index (χ3v) is 6.83. The largest absolute Gasteiger partial charge is 0.481 e. The summed E-state index contributed by atoms with van der Waals surface area (Å²) >= 11 is 0. The summed E-state index contributed by atoms with van der Waals surface area (Å²) in [6, 6.07) is 4.13. The van der Waals surface area contributed by atoms with Gasteiger partial charge in [-0.3, -0.25) is 14.5 Å². The number of aromatic nitrogens is 1. The third kappa shape index (κ3) is 4.53. The number of nitrogens with zero attached hydrogens (tertiary/aromatic N) is 2. The van der Waals surface area contributed by atoms with Crippen LogP contribution in [0.1, 0.15) is 49.5 Å². The molecule has 172 valence electrons. The summed E-state index contributed by atoms with van der Waals surface area (Å²) in [7, 11) is 0. The summed E-state index contributed by atoms with van der Waals surface area (Å²) in [5, 5.41) is 16.3. The Kier molecular flexibility index (Phi) is 6.55.